The maximum absolute atomic E-state index is 13.4. The largest absolute Gasteiger partial charge is 0.493 e. The molecule has 3 amide bonds. The normalized spacial score (nSPS) is 15.5. The molecular formula is C25H23IN2O5S. The standard InChI is InChI=1S/C25H23IN2O5S/c1-32-20-10-5-16(14-21(20)33-2)11-12-27(25(31)22-4-3-13-34-22)19-15-23(29)28(24(19)30)18-8-6-17(26)7-9-18/h3-10,13-14,19H,11-12,15H2,1-2H3. The number of hydrogen-bond acceptors (Lipinski definition) is 6. The van der Waals surface area contributed by atoms with Crippen LogP contribution in [-0.4, -0.2) is 49.4 Å². The Morgan fingerprint density at radius 1 is 1.09 bits per heavy atom. The average Bonchev–Trinajstić information content (AvgIpc) is 3.48. The van der Waals surface area contributed by atoms with Gasteiger partial charge in [-0.25, -0.2) is 4.90 Å². The van der Waals surface area contributed by atoms with Crippen molar-refractivity contribution >= 4 is 57.3 Å². The Balaban J connectivity index is 1.60. The first-order valence-corrected chi connectivity index (χ1v) is 12.6. The highest BCUT2D eigenvalue weighted by Gasteiger charge is 2.44. The van der Waals surface area contributed by atoms with Gasteiger partial charge in [-0.3, -0.25) is 14.4 Å². The van der Waals surface area contributed by atoms with Crippen LogP contribution < -0.4 is 14.4 Å². The van der Waals surface area contributed by atoms with E-state index >= 15 is 0 Å². The molecule has 1 atom stereocenters. The SMILES string of the molecule is COc1ccc(CCN(C(=O)c2cccs2)C2CC(=O)N(c3ccc(I)cc3)C2=O)cc1OC. The van der Waals surface area contributed by atoms with Gasteiger partial charge in [0.15, 0.2) is 11.5 Å². The van der Waals surface area contributed by atoms with Gasteiger partial charge in [-0.1, -0.05) is 12.1 Å². The van der Waals surface area contributed by atoms with Gasteiger partial charge in [0.2, 0.25) is 5.91 Å². The molecule has 176 valence electrons. The zero-order chi connectivity index (χ0) is 24.2. The second kappa shape index (κ2) is 10.6. The fourth-order valence-electron chi connectivity index (χ4n) is 3.95. The van der Waals surface area contributed by atoms with Crippen molar-refractivity contribution in [2.45, 2.75) is 18.9 Å². The van der Waals surface area contributed by atoms with Crippen LogP contribution in [0.15, 0.2) is 60.0 Å². The van der Waals surface area contributed by atoms with Crippen molar-refractivity contribution in [3.8, 4) is 11.5 Å². The number of ether oxygens (including phenoxy) is 2. The molecule has 3 aromatic rings. The van der Waals surface area contributed by atoms with Gasteiger partial charge in [-0.15, -0.1) is 11.3 Å². The Labute approximate surface area is 215 Å². The van der Waals surface area contributed by atoms with Crippen LogP contribution in [0.1, 0.15) is 21.7 Å². The molecule has 0 spiro atoms. The Morgan fingerprint density at radius 2 is 1.82 bits per heavy atom. The molecule has 34 heavy (non-hydrogen) atoms. The quantitative estimate of drug-likeness (QED) is 0.288. The first-order valence-electron chi connectivity index (χ1n) is 10.6. The summed E-state index contributed by atoms with van der Waals surface area (Å²) < 4.78 is 11.7. The molecule has 1 saturated heterocycles. The molecule has 2 heterocycles. The van der Waals surface area contributed by atoms with E-state index in [0.29, 0.717) is 28.5 Å². The molecule has 1 aliphatic heterocycles. The summed E-state index contributed by atoms with van der Waals surface area (Å²) >= 11 is 3.48. The number of carbonyl (C=O) groups is 3. The van der Waals surface area contributed by atoms with E-state index in [4.69, 9.17) is 9.47 Å². The highest BCUT2D eigenvalue weighted by molar-refractivity contribution is 14.1. The van der Waals surface area contributed by atoms with Crippen LogP contribution in [0.2, 0.25) is 0 Å². The Morgan fingerprint density at radius 3 is 2.47 bits per heavy atom. The summed E-state index contributed by atoms with van der Waals surface area (Å²) in [6.45, 7) is 0.274. The predicted octanol–water partition coefficient (Wildman–Crippen LogP) is 4.39. The number of methoxy groups -OCH3 is 2. The maximum atomic E-state index is 13.4. The van der Waals surface area contributed by atoms with Crippen molar-refractivity contribution < 1.29 is 23.9 Å². The van der Waals surface area contributed by atoms with Gasteiger partial charge in [0, 0.05) is 10.1 Å². The van der Waals surface area contributed by atoms with Gasteiger partial charge in [-0.2, -0.15) is 0 Å². The van der Waals surface area contributed by atoms with Gasteiger partial charge in [0.1, 0.15) is 6.04 Å². The van der Waals surface area contributed by atoms with Crippen molar-refractivity contribution in [1.29, 1.82) is 0 Å². The van der Waals surface area contributed by atoms with Crippen LogP contribution in [0, 0.1) is 3.57 Å². The predicted molar refractivity (Wildman–Crippen MR) is 139 cm³/mol. The monoisotopic (exact) mass is 590 g/mol. The van der Waals surface area contributed by atoms with E-state index in [-0.39, 0.29) is 30.7 Å². The number of nitrogens with zero attached hydrogens (tertiary/aromatic N) is 2. The molecule has 0 N–H and O–H groups in total. The van der Waals surface area contributed by atoms with Crippen molar-refractivity contribution in [1.82, 2.24) is 4.90 Å². The van der Waals surface area contributed by atoms with E-state index < -0.39 is 6.04 Å². The minimum Gasteiger partial charge on any atom is -0.493 e. The first-order chi connectivity index (χ1) is 16.4. The van der Waals surface area contributed by atoms with Crippen molar-refractivity contribution in [2.24, 2.45) is 0 Å². The molecule has 0 aliphatic carbocycles. The van der Waals surface area contributed by atoms with Crippen LogP contribution in [0.3, 0.4) is 0 Å². The topological polar surface area (TPSA) is 76.2 Å². The second-order valence-electron chi connectivity index (χ2n) is 7.68. The molecule has 1 aromatic heterocycles. The van der Waals surface area contributed by atoms with Gasteiger partial charge >= 0.3 is 0 Å². The van der Waals surface area contributed by atoms with E-state index in [0.717, 1.165) is 9.13 Å². The molecule has 9 heteroatoms. The number of hydrogen-bond donors (Lipinski definition) is 0. The van der Waals surface area contributed by atoms with Crippen molar-refractivity contribution in [3.63, 3.8) is 0 Å². The minimum absolute atomic E-state index is 0.0477. The third-order valence-corrected chi connectivity index (χ3v) is 7.24. The number of imide groups is 1. The Bertz CT molecular complexity index is 1200. The molecular weight excluding hydrogens is 567 g/mol. The highest BCUT2D eigenvalue weighted by Crippen LogP contribution is 2.30. The molecule has 2 aromatic carbocycles. The van der Waals surface area contributed by atoms with Gasteiger partial charge in [0.05, 0.1) is 31.2 Å². The third-order valence-electron chi connectivity index (χ3n) is 5.67. The molecule has 0 radical (unpaired) electrons. The van der Waals surface area contributed by atoms with Crippen LogP contribution >= 0.6 is 33.9 Å². The lowest BCUT2D eigenvalue weighted by atomic mass is 10.1. The first kappa shape index (κ1) is 24.2. The summed E-state index contributed by atoms with van der Waals surface area (Å²) in [7, 11) is 3.14. The number of anilines is 1. The van der Waals surface area contributed by atoms with Gasteiger partial charge < -0.3 is 14.4 Å². The van der Waals surface area contributed by atoms with Gasteiger partial charge in [-0.05, 0) is 82.4 Å². The molecule has 1 aliphatic rings. The van der Waals surface area contributed by atoms with E-state index in [9.17, 15) is 14.4 Å². The van der Waals surface area contributed by atoms with Crippen molar-refractivity contribution in [3.05, 3.63) is 74.0 Å². The average molecular weight is 590 g/mol. The zero-order valence-electron chi connectivity index (χ0n) is 18.7. The molecule has 7 nitrogen and oxygen atoms in total. The summed E-state index contributed by atoms with van der Waals surface area (Å²) in [6.07, 6.45) is 0.437. The summed E-state index contributed by atoms with van der Waals surface area (Å²) in [5.74, 6) is 0.247. The Hall–Kier alpha value is -2.92. The lowest BCUT2D eigenvalue weighted by Gasteiger charge is -2.27. The number of carbonyl (C=O) groups excluding carboxylic acids is 3. The molecule has 4 rings (SSSR count). The molecule has 0 bridgehead atoms. The van der Waals surface area contributed by atoms with E-state index in [1.807, 2.05) is 35.7 Å². The molecule has 0 saturated carbocycles. The fourth-order valence-corrected chi connectivity index (χ4v) is 4.99. The smallest absolute Gasteiger partial charge is 0.264 e. The van der Waals surface area contributed by atoms with E-state index in [2.05, 4.69) is 22.6 Å². The van der Waals surface area contributed by atoms with Crippen LogP contribution in [0.25, 0.3) is 0 Å². The highest BCUT2D eigenvalue weighted by atomic mass is 127. The van der Waals surface area contributed by atoms with Crippen LogP contribution in [0.4, 0.5) is 5.69 Å². The summed E-state index contributed by atoms with van der Waals surface area (Å²) in [6, 6.07) is 15.4. The van der Waals surface area contributed by atoms with Gasteiger partial charge in [0.25, 0.3) is 11.8 Å². The summed E-state index contributed by atoms with van der Waals surface area (Å²) in [5, 5.41) is 1.82. The van der Waals surface area contributed by atoms with Crippen LogP contribution in [0.5, 0.6) is 11.5 Å². The number of amides is 3. The lowest BCUT2D eigenvalue weighted by molar-refractivity contribution is -0.122. The lowest BCUT2D eigenvalue weighted by Crippen LogP contribution is -2.46. The maximum Gasteiger partial charge on any atom is 0.264 e. The number of thiophene rings is 1. The number of halogens is 1. The molecule has 1 unspecified atom stereocenters. The zero-order valence-corrected chi connectivity index (χ0v) is 21.7. The Kier molecular flexibility index (Phi) is 7.52. The fraction of sp³-hybridized carbons (Fsp3) is 0.240. The van der Waals surface area contributed by atoms with Crippen LogP contribution in [-0.2, 0) is 16.0 Å². The van der Waals surface area contributed by atoms with E-state index in [1.165, 1.54) is 21.1 Å². The minimum atomic E-state index is -0.860. The van der Waals surface area contributed by atoms with Crippen molar-refractivity contribution in [2.75, 3.05) is 25.7 Å². The number of benzene rings is 2. The van der Waals surface area contributed by atoms with E-state index in [1.54, 1.807) is 38.5 Å². The number of rotatable bonds is 8. The third kappa shape index (κ3) is 4.95. The molecule has 1 fully saturated rings. The summed E-state index contributed by atoms with van der Waals surface area (Å²) in [4.78, 5) is 42.9. The second-order valence-corrected chi connectivity index (χ2v) is 9.87. The summed E-state index contributed by atoms with van der Waals surface area (Å²) in [5.41, 5.74) is 1.44.